The zero-order valence-electron chi connectivity index (χ0n) is 11.7. The zero-order valence-corrected chi connectivity index (χ0v) is 11.7. The summed E-state index contributed by atoms with van der Waals surface area (Å²) < 4.78 is 2.11. The van der Waals surface area contributed by atoms with E-state index in [1.54, 1.807) is 0 Å². The van der Waals surface area contributed by atoms with E-state index in [-0.39, 0.29) is 11.0 Å². The van der Waals surface area contributed by atoms with E-state index in [0.29, 0.717) is 0 Å². The number of benzene rings is 1. The second kappa shape index (κ2) is 3.59. The molecule has 0 fully saturated rings. The van der Waals surface area contributed by atoms with Crippen LogP contribution in [0.2, 0.25) is 0 Å². The van der Waals surface area contributed by atoms with Crippen LogP contribution in [0.3, 0.4) is 0 Å². The van der Waals surface area contributed by atoms with Gasteiger partial charge in [0, 0.05) is 5.39 Å². The molecule has 0 saturated carbocycles. The highest BCUT2D eigenvalue weighted by Crippen LogP contribution is 2.31. The van der Waals surface area contributed by atoms with Gasteiger partial charge >= 0.3 is 0 Å². The van der Waals surface area contributed by atoms with E-state index >= 15 is 0 Å². The maximum atomic E-state index is 4.56. The molecule has 1 aromatic carbocycles. The lowest BCUT2D eigenvalue weighted by Gasteiger charge is -2.22. The fraction of sp³-hybridized carbons (Fsp3) is 0.533. The molecular formula is C15H22N2. The van der Waals surface area contributed by atoms with Crippen LogP contribution in [0.4, 0.5) is 0 Å². The molecule has 0 atom stereocenters. The van der Waals surface area contributed by atoms with Crippen molar-refractivity contribution in [2.24, 2.45) is 0 Å². The molecule has 2 aromatic rings. The van der Waals surface area contributed by atoms with Crippen LogP contribution >= 0.6 is 0 Å². The summed E-state index contributed by atoms with van der Waals surface area (Å²) in [5.41, 5.74) is 2.78. The molecule has 0 radical (unpaired) electrons. The summed E-state index contributed by atoms with van der Waals surface area (Å²) in [6, 6.07) is 6.49. The standard InChI is InChI=1S/C15H22N2/c1-14(2,3)12-8-7-9-13-11(12)10-16-17(13)15(4,5)6/h7-10H,1-6H3. The first-order valence-corrected chi connectivity index (χ1v) is 6.19. The van der Waals surface area contributed by atoms with Gasteiger partial charge in [-0.2, -0.15) is 5.10 Å². The fourth-order valence-corrected chi connectivity index (χ4v) is 2.24. The summed E-state index contributed by atoms with van der Waals surface area (Å²) >= 11 is 0. The Morgan fingerprint density at radius 3 is 2.18 bits per heavy atom. The Labute approximate surface area is 104 Å². The summed E-state index contributed by atoms with van der Waals surface area (Å²) in [5, 5.41) is 5.83. The monoisotopic (exact) mass is 230 g/mol. The molecule has 1 aromatic heterocycles. The first kappa shape index (κ1) is 12.2. The van der Waals surface area contributed by atoms with Crippen molar-refractivity contribution in [1.82, 2.24) is 9.78 Å². The van der Waals surface area contributed by atoms with Gasteiger partial charge in [0.15, 0.2) is 0 Å². The SMILES string of the molecule is CC(C)(C)c1cccc2c1cnn2C(C)(C)C. The van der Waals surface area contributed by atoms with Crippen molar-refractivity contribution < 1.29 is 0 Å². The van der Waals surface area contributed by atoms with Gasteiger partial charge in [-0.1, -0.05) is 32.9 Å². The van der Waals surface area contributed by atoms with E-state index in [2.05, 4.69) is 69.5 Å². The number of nitrogens with zero attached hydrogens (tertiary/aromatic N) is 2. The van der Waals surface area contributed by atoms with Gasteiger partial charge in [-0.05, 0) is 37.8 Å². The number of rotatable bonds is 0. The minimum Gasteiger partial charge on any atom is -0.260 e. The molecule has 92 valence electrons. The highest BCUT2D eigenvalue weighted by Gasteiger charge is 2.21. The lowest BCUT2D eigenvalue weighted by molar-refractivity contribution is 0.368. The Bertz CT molecular complexity index is 536. The largest absolute Gasteiger partial charge is 0.260 e. The minimum atomic E-state index is 0.0260. The number of hydrogen-bond acceptors (Lipinski definition) is 1. The molecule has 0 unspecified atom stereocenters. The summed E-state index contributed by atoms with van der Waals surface area (Å²) in [6.07, 6.45) is 2.00. The molecule has 0 saturated heterocycles. The topological polar surface area (TPSA) is 17.8 Å². The average molecular weight is 230 g/mol. The molecule has 0 N–H and O–H groups in total. The van der Waals surface area contributed by atoms with E-state index in [9.17, 15) is 0 Å². The van der Waals surface area contributed by atoms with Gasteiger partial charge in [-0.25, -0.2) is 0 Å². The van der Waals surface area contributed by atoms with Crippen molar-refractivity contribution in [3.8, 4) is 0 Å². The number of fused-ring (bicyclic) bond motifs is 1. The highest BCUT2D eigenvalue weighted by atomic mass is 15.3. The third-order valence-electron chi connectivity index (χ3n) is 3.06. The molecule has 2 rings (SSSR count). The Morgan fingerprint density at radius 2 is 1.65 bits per heavy atom. The van der Waals surface area contributed by atoms with Crippen molar-refractivity contribution in [1.29, 1.82) is 0 Å². The molecule has 2 heteroatoms. The molecule has 0 aliphatic heterocycles. The maximum absolute atomic E-state index is 4.56. The lowest BCUT2D eigenvalue weighted by atomic mass is 9.85. The lowest BCUT2D eigenvalue weighted by Crippen LogP contribution is -2.22. The second-order valence-corrected chi connectivity index (χ2v) is 6.72. The van der Waals surface area contributed by atoms with Crippen LogP contribution in [-0.2, 0) is 11.0 Å². The maximum Gasteiger partial charge on any atom is 0.0691 e. The molecular weight excluding hydrogens is 208 g/mol. The molecule has 2 nitrogen and oxygen atoms in total. The third kappa shape index (κ3) is 2.08. The number of hydrogen-bond donors (Lipinski definition) is 0. The molecule has 0 amide bonds. The van der Waals surface area contributed by atoms with Crippen molar-refractivity contribution in [3.63, 3.8) is 0 Å². The van der Waals surface area contributed by atoms with E-state index in [1.807, 2.05) is 6.20 Å². The summed E-state index contributed by atoms with van der Waals surface area (Å²) in [6.45, 7) is 13.3. The molecule has 0 aliphatic rings. The molecule has 1 heterocycles. The number of aromatic nitrogens is 2. The van der Waals surface area contributed by atoms with Crippen LogP contribution in [0.5, 0.6) is 0 Å². The van der Waals surface area contributed by atoms with E-state index in [0.717, 1.165) is 0 Å². The van der Waals surface area contributed by atoms with Gasteiger partial charge in [0.1, 0.15) is 0 Å². The first-order valence-electron chi connectivity index (χ1n) is 6.19. The Balaban J connectivity index is 2.74. The Hall–Kier alpha value is -1.31. The van der Waals surface area contributed by atoms with Gasteiger partial charge in [0.05, 0.1) is 17.3 Å². The molecule has 0 aliphatic carbocycles. The van der Waals surface area contributed by atoms with E-state index in [4.69, 9.17) is 0 Å². The highest BCUT2D eigenvalue weighted by molar-refractivity contribution is 5.83. The van der Waals surface area contributed by atoms with Crippen LogP contribution < -0.4 is 0 Å². The summed E-state index contributed by atoms with van der Waals surface area (Å²) in [4.78, 5) is 0. The van der Waals surface area contributed by atoms with Gasteiger partial charge in [-0.3, -0.25) is 4.68 Å². The first-order chi connectivity index (χ1) is 7.71. The van der Waals surface area contributed by atoms with Crippen LogP contribution in [0.25, 0.3) is 10.9 Å². The normalized spacial score (nSPS) is 13.3. The van der Waals surface area contributed by atoms with Crippen LogP contribution in [0.15, 0.2) is 24.4 Å². The fourth-order valence-electron chi connectivity index (χ4n) is 2.24. The predicted molar refractivity (Wildman–Crippen MR) is 73.4 cm³/mol. The minimum absolute atomic E-state index is 0.0260. The summed E-state index contributed by atoms with van der Waals surface area (Å²) in [7, 11) is 0. The smallest absolute Gasteiger partial charge is 0.0691 e. The van der Waals surface area contributed by atoms with Gasteiger partial charge < -0.3 is 0 Å². The Morgan fingerprint density at radius 1 is 1.00 bits per heavy atom. The molecule has 0 bridgehead atoms. The van der Waals surface area contributed by atoms with Crippen LogP contribution in [-0.4, -0.2) is 9.78 Å². The average Bonchev–Trinajstić information content (AvgIpc) is 2.57. The van der Waals surface area contributed by atoms with E-state index in [1.165, 1.54) is 16.5 Å². The van der Waals surface area contributed by atoms with Crippen molar-refractivity contribution in [2.45, 2.75) is 52.5 Å². The van der Waals surface area contributed by atoms with Crippen LogP contribution in [0, 0.1) is 0 Å². The molecule has 0 spiro atoms. The van der Waals surface area contributed by atoms with Crippen LogP contribution in [0.1, 0.15) is 47.1 Å². The van der Waals surface area contributed by atoms with Crippen molar-refractivity contribution >= 4 is 10.9 Å². The third-order valence-corrected chi connectivity index (χ3v) is 3.06. The van der Waals surface area contributed by atoms with Gasteiger partial charge in [0.2, 0.25) is 0 Å². The predicted octanol–water partition coefficient (Wildman–Crippen LogP) is 4.09. The summed E-state index contributed by atoms with van der Waals surface area (Å²) in [5.74, 6) is 0. The molecule has 17 heavy (non-hydrogen) atoms. The zero-order chi connectivity index (χ0) is 12.8. The second-order valence-electron chi connectivity index (χ2n) is 6.72. The Kier molecular flexibility index (Phi) is 2.57. The van der Waals surface area contributed by atoms with E-state index < -0.39 is 0 Å². The van der Waals surface area contributed by atoms with Crippen molar-refractivity contribution in [2.75, 3.05) is 0 Å². The van der Waals surface area contributed by atoms with Gasteiger partial charge in [-0.15, -0.1) is 0 Å². The van der Waals surface area contributed by atoms with Gasteiger partial charge in [0.25, 0.3) is 0 Å². The quantitative estimate of drug-likeness (QED) is 0.666. The van der Waals surface area contributed by atoms with Crippen molar-refractivity contribution in [3.05, 3.63) is 30.0 Å².